The number of hydrogen-bond donors (Lipinski definition) is 1. The molecule has 1 aliphatic heterocycles. The lowest BCUT2D eigenvalue weighted by molar-refractivity contribution is -0.384. The van der Waals surface area contributed by atoms with Gasteiger partial charge in [-0.05, 0) is 36.5 Å². The van der Waals surface area contributed by atoms with E-state index in [4.69, 9.17) is 0 Å². The number of aryl methyl sites for hydroxylation is 1. The topological polar surface area (TPSA) is 110 Å². The average molecular weight is 394 g/mol. The van der Waals surface area contributed by atoms with E-state index in [0.717, 1.165) is 36.2 Å². The lowest BCUT2D eigenvalue weighted by Gasteiger charge is -2.32. The molecule has 1 aliphatic rings. The number of aromatic nitrogens is 4. The standard InChI is InChI=1S/C20H22N6O3/c1-24-13-22-23-19(24)10-14-6-8-25(9-7-14)20(27)18-12-21-11-17(18)15-2-4-16(5-3-15)26(28)29/h2-5,11-14,21H,6-10H2,1H3. The van der Waals surface area contributed by atoms with E-state index in [-0.39, 0.29) is 11.6 Å². The van der Waals surface area contributed by atoms with Crippen LogP contribution in [0.4, 0.5) is 5.69 Å². The van der Waals surface area contributed by atoms with Gasteiger partial charge in [0.25, 0.3) is 11.6 Å². The number of non-ortho nitro benzene ring substituents is 1. The van der Waals surface area contributed by atoms with Crippen molar-refractivity contribution in [3.05, 3.63) is 64.5 Å². The number of likely N-dealkylation sites (tertiary alicyclic amines) is 1. The molecule has 0 unspecified atom stereocenters. The van der Waals surface area contributed by atoms with Gasteiger partial charge in [-0.2, -0.15) is 0 Å². The summed E-state index contributed by atoms with van der Waals surface area (Å²) in [7, 11) is 1.94. The highest BCUT2D eigenvalue weighted by atomic mass is 16.6. The van der Waals surface area contributed by atoms with Crippen molar-refractivity contribution in [2.24, 2.45) is 13.0 Å². The van der Waals surface area contributed by atoms with E-state index in [1.165, 1.54) is 12.1 Å². The Labute approximate surface area is 167 Å². The predicted molar refractivity (Wildman–Crippen MR) is 106 cm³/mol. The molecule has 4 rings (SSSR count). The van der Waals surface area contributed by atoms with E-state index in [1.54, 1.807) is 30.9 Å². The van der Waals surface area contributed by atoms with Crippen LogP contribution >= 0.6 is 0 Å². The highest BCUT2D eigenvalue weighted by molar-refractivity contribution is 6.00. The fourth-order valence-electron chi connectivity index (χ4n) is 3.80. The number of nitro groups is 1. The minimum absolute atomic E-state index is 0.0169. The number of aromatic amines is 1. The van der Waals surface area contributed by atoms with E-state index in [9.17, 15) is 14.9 Å². The third-order valence-electron chi connectivity index (χ3n) is 5.54. The number of amides is 1. The molecule has 1 saturated heterocycles. The summed E-state index contributed by atoms with van der Waals surface area (Å²) in [5.74, 6) is 1.44. The second-order valence-electron chi connectivity index (χ2n) is 7.38. The molecule has 2 aromatic heterocycles. The summed E-state index contributed by atoms with van der Waals surface area (Å²) in [6.07, 6.45) is 7.89. The minimum atomic E-state index is -0.432. The van der Waals surface area contributed by atoms with Crippen LogP contribution in [0, 0.1) is 16.0 Å². The maximum Gasteiger partial charge on any atom is 0.269 e. The maximum absolute atomic E-state index is 13.1. The molecular formula is C20H22N6O3. The second-order valence-corrected chi connectivity index (χ2v) is 7.38. The normalized spacial score (nSPS) is 14.9. The Hall–Kier alpha value is -3.49. The predicted octanol–water partition coefficient (Wildman–Crippen LogP) is 2.81. The smallest absolute Gasteiger partial charge is 0.269 e. The first-order valence-corrected chi connectivity index (χ1v) is 9.56. The van der Waals surface area contributed by atoms with Crippen LogP contribution in [0.5, 0.6) is 0 Å². The number of carbonyl (C=O) groups is 1. The number of nitro benzene ring substituents is 1. The Morgan fingerprint density at radius 3 is 2.59 bits per heavy atom. The molecule has 1 fully saturated rings. The summed E-state index contributed by atoms with van der Waals surface area (Å²) in [6.45, 7) is 1.40. The fraction of sp³-hybridized carbons (Fsp3) is 0.350. The molecule has 0 atom stereocenters. The zero-order valence-corrected chi connectivity index (χ0v) is 16.1. The summed E-state index contributed by atoms with van der Waals surface area (Å²) in [5, 5.41) is 18.9. The Morgan fingerprint density at radius 2 is 1.97 bits per heavy atom. The third kappa shape index (κ3) is 3.89. The molecule has 0 radical (unpaired) electrons. The molecule has 29 heavy (non-hydrogen) atoms. The number of benzene rings is 1. The van der Waals surface area contributed by atoms with E-state index in [1.807, 2.05) is 16.5 Å². The van der Waals surface area contributed by atoms with Crippen LogP contribution in [0.1, 0.15) is 29.0 Å². The molecule has 0 spiro atoms. The monoisotopic (exact) mass is 394 g/mol. The molecule has 150 valence electrons. The van der Waals surface area contributed by atoms with Crippen molar-refractivity contribution in [3.8, 4) is 11.1 Å². The van der Waals surface area contributed by atoms with Gasteiger partial charge in [-0.3, -0.25) is 14.9 Å². The molecule has 9 nitrogen and oxygen atoms in total. The van der Waals surface area contributed by atoms with Crippen molar-refractivity contribution < 1.29 is 9.72 Å². The second kappa shape index (κ2) is 7.86. The van der Waals surface area contributed by atoms with E-state index in [0.29, 0.717) is 24.6 Å². The van der Waals surface area contributed by atoms with E-state index < -0.39 is 4.92 Å². The SMILES string of the molecule is Cn1cnnc1CC1CCN(C(=O)c2c[nH]cc2-c2ccc([N+](=O)[O-])cc2)CC1. The number of rotatable bonds is 5. The molecular weight excluding hydrogens is 372 g/mol. The van der Waals surface area contributed by atoms with Crippen molar-refractivity contribution in [1.82, 2.24) is 24.6 Å². The molecule has 1 aromatic carbocycles. The molecule has 0 saturated carbocycles. The highest BCUT2D eigenvalue weighted by Crippen LogP contribution is 2.28. The summed E-state index contributed by atoms with van der Waals surface area (Å²) in [6, 6.07) is 6.25. The number of carbonyl (C=O) groups excluding carboxylic acids is 1. The Bertz CT molecular complexity index is 1020. The van der Waals surface area contributed by atoms with Crippen LogP contribution < -0.4 is 0 Å². The van der Waals surface area contributed by atoms with Crippen LogP contribution in [-0.4, -0.2) is 48.6 Å². The van der Waals surface area contributed by atoms with Crippen LogP contribution in [0.15, 0.2) is 43.0 Å². The van der Waals surface area contributed by atoms with Gasteiger partial charge < -0.3 is 14.5 Å². The lowest BCUT2D eigenvalue weighted by atomic mass is 9.92. The zero-order valence-electron chi connectivity index (χ0n) is 16.1. The van der Waals surface area contributed by atoms with Gasteiger partial charge in [-0.25, -0.2) is 0 Å². The first kappa shape index (κ1) is 18.9. The first-order chi connectivity index (χ1) is 14.0. The van der Waals surface area contributed by atoms with Crippen molar-refractivity contribution >= 4 is 11.6 Å². The quantitative estimate of drug-likeness (QED) is 0.528. The first-order valence-electron chi connectivity index (χ1n) is 9.56. The number of nitrogens with one attached hydrogen (secondary N) is 1. The van der Waals surface area contributed by atoms with Gasteiger partial charge in [0, 0.05) is 56.6 Å². The van der Waals surface area contributed by atoms with Gasteiger partial charge in [0.15, 0.2) is 0 Å². The van der Waals surface area contributed by atoms with Crippen molar-refractivity contribution in [2.45, 2.75) is 19.3 Å². The van der Waals surface area contributed by atoms with E-state index in [2.05, 4.69) is 15.2 Å². The Kier molecular flexibility index (Phi) is 5.11. The van der Waals surface area contributed by atoms with Crippen LogP contribution in [-0.2, 0) is 13.5 Å². The van der Waals surface area contributed by atoms with Crippen molar-refractivity contribution in [1.29, 1.82) is 0 Å². The molecule has 0 bridgehead atoms. The van der Waals surface area contributed by atoms with Gasteiger partial charge in [0.2, 0.25) is 0 Å². The molecule has 3 aromatic rings. The minimum Gasteiger partial charge on any atom is -0.366 e. The number of hydrogen-bond acceptors (Lipinski definition) is 5. The number of nitrogens with zero attached hydrogens (tertiary/aromatic N) is 5. The van der Waals surface area contributed by atoms with Crippen LogP contribution in [0.25, 0.3) is 11.1 Å². The highest BCUT2D eigenvalue weighted by Gasteiger charge is 2.26. The Morgan fingerprint density at radius 1 is 1.24 bits per heavy atom. The summed E-state index contributed by atoms with van der Waals surface area (Å²) >= 11 is 0. The molecule has 0 aliphatic carbocycles. The maximum atomic E-state index is 13.1. The van der Waals surface area contributed by atoms with Crippen LogP contribution in [0.2, 0.25) is 0 Å². The average Bonchev–Trinajstić information content (AvgIpc) is 3.37. The van der Waals surface area contributed by atoms with E-state index >= 15 is 0 Å². The largest absolute Gasteiger partial charge is 0.366 e. The van der Waals surface area contributed by atoms with Gasteiger partial charge in [0.05, 0.1) is 10.5 Å². The zero-order chi connectivity index (χ0) is 20.4. The van der Waals surface area contributed by atoms with Crippen LogP contribution in [0.3, 0.4) is 0 Å². The van der Waals surface area contributed by atoms with Gasteiger partial charge in [0.1, 0.15) is 12.2 Å². The fourth-order valence-corrected chi connectivity index (χ4v) is 3.80. The molecule has 9 heteroatoms. The van der Waals surface area contributed by atoms with Crippen molar-refractivity contribution in [3.63, 3.8) is 0 Å². The summed E-state index contributed by atoms with van der Waals surface area (Å²) in [5.41, 5.74) is 2.15. The van der Waals surface area contributed by atoms with Gasteiger partial charge in [-0.15, -0.1) is 10.2 Å². The number of H-pyrrole nitrogens is 1. The third-order valence-corrected chi connectivity index (χ3v) is 5.54. The number of piperidine rings is 1. The molecule has 1 N–H and O–H groups in total. The van der Waals surface area contributed by atoms with Gasteiger partial charge in [-0.1, -0.05) is 0 Å². The van der Waals surface area contributed by atoms with Crippen molar-refractivity contribution in [2.75, 3.05) is 13.1 Å². The molecule has 1 amide bonds. The lowest BCUT2D eigenvalue weighted by Crippen LogP contribution is -2.39. The molecule has 3 heterocycles. The summed E-state index contributed by atoms with van der Waals surface area (Å²) in [4.78, 5) is 28.4. The summed E-state index contributed by atoms with van der Waals surface area (Å²) < 4.78 is 1.94. The van der Waals surface area contributed by atoms with Gasteiger partial charge >= 0.3 is 0 Å². The Balaban J connectivity index is 1.43.